The summed E-state index contributed by atoms with van der Waals surface area (Å²) in [5, 5.41) is 54.6. The fourth-order valence-corrected chi connectivity index (χ4v) is 0. The number of nitrogens with two attached hydrogens (primary N) is 2. The molecule has 0 rings (SSSR count). The van der Waals surface area contributed by atoms with Gasteiger partial charge in [0.25, 0.3) is 20.3 Å². The summed E-state index contributed by atoms with van der Waals surface area (Å²) in [4.78, 5) is 33.4. The number of nitrogens with zero attached hydrogens (tertiary/aromatic N) is 4. The molecule has 0 fully saturated rings. The number of rotatable bonds is 0. The second-order valence-corrected chi connectivity index (χ2v) is 0.951. The normalized spacial score (nSPS) is 4.80. The molecule has 0 bridgehead atoms. The first-order valence-electron chi connectivity index (χ1n) is 2.26. The van der Waals surface area contributed by atoms with E-state index in [4.69, 9.17) is 61.3 Å². The van der Waals surface area contributed by atoms with Gasteiger partial charge in [-0.15, -0.1) is 40.5 Å². The van der Waals surface area contributed by atoms with E-state index in [0.29, 0.717) is 0 Å². The third kappa shape index (κ3) is 386. The Kier molecular flexibility index (Phi) is 118. The molecule has 0 atom stereocenters. The Bertz CT molecular complexity index is 164. The Labute approximate surface area is 118 Å². The van der Waals surface area contributed by atoms with E-state index in [2.05, 4.69) is 0 Å². The van der Waals surface area contributed by atoms with Crippen LogP contribution in [-0.4, -0.2) is 41.2 Å². The van der Waals surface area contributed by atoms with Gasteiger partial charge in [-0.25, -0.2) is 0 Å². The van der Waals surface area contributed by atoms with Crippen molar-refractivity contribution in [2.45, 2.75) is 0 Å². The molecule has 0 aromatic heterocycles. The minimum absolute atomic E-state index is 0. The quantitative estimate of drug-likeness (QED) is 0.285. The van der Waals surface area contributed by atoms with Crippen molar-refractivity contribution in [2.75, 3.05) is 0 Å². The van der Waals surface area contributed by atoms with E-state index in [0.717, 1.165) is 0 Å². The zero-order valence-corrected chi connectivity index (χ0v) is 10.1. The van der Waals surface area contributed by atoms with Gasteiger partial charge in [0, 0.05) is 0 Å². The molecule has 0 aromatic rings. The third-order valence-electron chi connectivity index (χ3n) is 0. The minimum atomic E-state index is -1.50. The van der Waals surface area contributed by atoms with E-state index in [1.165, 1.54) is 0 Å². The molecule has 0 aliphatic carbocycles. The maximum Gasteiger partial charge on any atom is 2.00 e. The molecule has 19 nitrogen and oxygen atoms in total. The first-order valence-corrected chi connectivity index (χ1v) is 2.26. The van der Waals surface area contributed by atoms with E-state index in [-0.39, 0.29) is 35.2 Å². The Morgan fingerprint density at radius 1 is 0.550 bits per heavy atom. The molecule has 0 saturated heterocycles. The smallest absolute Gasteiger partial charge is 0.693 e. The fourth-order valence-electron chi connectivity index (χ4n) is 0. The van der Waals surface area contributed by atoms with Gasteiger partial charge in [0.05, 0.1) is 0 Å². The van der Waals surface area contributed by atoms with E-state index >= 15 is 0 Å². The average molecular weight is 360 g/mol. The first kappa shape index (κ1) is 53.4. The summed E-state index contributed by atoms with van der Waals surface area (Å²) in [7, 11) is 0. The molecule has 0 heterocycles. The largest absolute Gasteiger partial charge is 2.00 e. The summed E-state index contributed by atoms with van der Waals surface area (Å²) < 4.78 is 0. The summed E-state index contributed by atoms with van der Waals surface area (Å²) in [5.41, 5.74) is 0. The number of hydrogen-bond acceptors (Lipinski definition) is 9. The van der Waals surface area contributed by atoms with Gasteiger partial charge >= 0.3 is 16.8 Å². The van der Waals surface area contributed by atoms with Crippen molar-refractivity contribution >= 4 is 0 Å². The van der Waals surface area contributed by atoms with E-state index in [9.17, 15) is 0 Å². The maximum absolute atomic E-state index is 8.36. The van der Waals surface area contributed by atoms with Crippen LogP contribution in [0, 0.1) is 40.5 Å². The van der Waals surface area contributed by atoms with Crippen LogP contribution in [0.15, 0.2) is 0 Å². The van der Waals surface area contributed by atoms with Crippen LogP contribution < -0.4 is 6.15 Å². The van der Waals surface area contributed by atoms with Crippen molar-refractivity contribution in [3.63, 3.8) is 0 Å². The maximum atomic E-state index is 8.36. The molecule has 1 radical (unpaired) electrons. The Morgan fingerprint density at radius 3 is 0.550 bits per heavy atom. The Morgan fingerprint density at radius 2 is 0.550 bits per heavy atom. The van der Waals surface area contributed by atoms with Crippen LogP contribution in [0.3, 0.4) is 0 Å². The monoisotopic (exact) mass is 360 g/mol. The SMILES string of the molecule is N.O=[N+]([O-])O.O=[N+]([O-])O.O=[N+]([O-])O.O=[N+]([O-])O.[Co+2].[NH2-].[NH2-]. The van der Waals surface area contributed by atoms with Crippen LogP contribution in [0.2, 0.25) is 0 Å². The molecular weight excluding hydrogens is 349 g/mol. The van der Waals surface area contributed by atoms with Gasteiger partial charge in [0.2, 0.25) is 0 Å². The minimum Gasteiger partial charge on any atom is -0.693 e. The molecular formula is H11CoN7O12. The van der Waals surface area contributed by atoms with Gasteiger partial charge in [-0.1, -0.05) is 0 Å². The van der Waals surface area contributed by atoms with Gasteiger partial charge in [0.15, 0.2) is 0 Å². The molecule has 0 unspecified atom stereocenters. The van der Waals surface area contributed by atoms with Crippen molar-refractivity contribution in [3.8, 4) is 0 Å². The molecule has 20 heavy (non-hydrogen) atoms. The molecule has 0 saturated carbocycles. The molecule has 0 aromatic carbocycles. The predicted molar refractivity (Wildman–Crippen MR) is 50.7 cm³/mol. The molecule has 127 valence electrons. The van der Waals surface area contributed by atoms with Crippen LogP contribution in [0.4, 0.5) is 0 Å². The second kappa shape index (κ2) is 44.2. The molecule has 11 N–H and O–H groups in total. The van der Waals surface area contributed by atoms with Gasteiger partial charge in [-0.05, 0) is 0 Å². The first-order chi connectivity index (χ1) is 6.93. The van der Waals surface area contributed by atoms with E-state index in [1.54, 1.807) is 0 Å². The summed E-state index contributed by atoms with van der Waals surface area (Å²) in [5.74, 6) is 0. The van der Waals surface area contributed by atoms with Crippen molar-refractivity contribution in [3.05, 3.63) is 52.8 Å². The van der Waals surface area contributed by atoms with Crippen molar-refractivity contribution < 1.29 is 58.0 Å². The zero-order valence-electron chi connectivity index (χ0n) is 9.04. The van der Waals surface area contributed by atoms with Crippen molar-refractivity contribution in [2.24, 2.45) is 0 Å². The molecule has 0 aliphatic rings. The summed E-state index contributed by atoms with van der Waals surface area (Å²) in [6, 6.07) is 0. The van der Waals surface area contributed by atoms with E-state index in [1.807, 2.05) is 0 Å². The van der Waals surface area contributed by atoms with Crippen LogP contribution in [0.5, 0.6) is 0 Å². The third-order valence-corrected chi connectivity index (χ3v) is 0. The molecule has 20 heteroatoms. The summed E-state index contributed by atoms with van der Waals surface area (Å²) in [6.45, 7) is 0. The van der Waals surface area contributed by atoms with Gasteiger partial charge in [0.1, 0.15) is 0 Å². The van der Waals surface area contributed by atoms with Gasteiger partial charge in [-0.2, -0.15) is 0 Å². The zero-order chi connectivity index (χ0) is 14.3. The Balaban J connectivity index is -0.0000000150. The van der Waals surface area contributed by atoms with Crippen LogP contribution in [0.25, 0.3) is 12.3 Å². The standard InChI is InChI=1S/Co.4HNO3.H3N.2H2N/c;4*2-1(3)4;;;/h;4*(H,2,3,4);1H3;2*1H2/q+2;;;;;;2*-1. The average Bonchev–Trinajstić information content (AvgIpc) is 1.76. The van der Waals surface area contributed by atoms with Crippen molar-refractivity contribution in [1.29, 1.82) is 0 Å². The van der Waals surface area contributed by atoms with Gasteiger partial charge < -0.3 is 39.3 Å². The Hall–Kier alpha value is -2.81. The van der Waals surface area contributed by atoms with Crippen LogP contribution in [-0.2, 0) is 16.8 Å². The molecule has 0 aliphatic heterocycles. The predicted octanol–water partition coefficient (Wildman–Crippen LogP) is 0.203. The van der Waals surface area contributed by atoms with Gasteiger partial charge in [-0.3, -0.25) is 0 Å². The van der Waals surface area contributed by atoms with Crippen LogP contribution in [0.1, 0.15) is 0 Å². The number of hydrogen-bond donors (Lipinski definition) is 5. The summed E-state index contributed by atoms with van der Waals surface area (Å²) in [6.07, 6.45) is 0. The topological polar surface area (TPSA) is 355 Å². The second-order valence-electron chi connectivity index (χ2n) is 0.951. The van der Waals surface area contributed by atoms with Crippen molar-refractivity contribution in [1.82, 2.24) is 6.15 Å². The fraction of sp³-hybridized carbons (Fsp3) is 0. The molecule has 0 amide bonds. The van der Waals surface area contributed by atoms with E-state index < -0.39 is 20.3 Å². The molecule has 0 spiro atoms. The summed E-state index contributed by atoms with van der Waals surface area (Å²) >= 11 is 0. The van der Waals surface area contributed by atoms with Crippen LogP contribution >= 0.6 is 0 Å².